The van der Waals surface area contributed by atoms with Crippen LogP contribution in [0.15, 0.2) is 12.1 Å². The van der Waals surface area contributed by atoms with E-state index in [0.29, 0.717) is 12.1 Å². The first kappa shape index (κ1) is 20.0. The van der Waals surface area contributed by atoms with Gasteiger partial charge in [-0.1, -0.05) is 25.5 Å². The lowest BCUT2D eigenvalue weighted by Crippen LogP contribution is -2.40. The van der Waals surface area contributed by atoms with Gasteiger partial charge in [0.1, 0.15) is 11.8 Å². The van der Waals surface area contributed by atoms with Crippen molar-refractivity contribution < 1.29 is 19.4 Å². The summed E-state index contributed by atoms with van der Waals surface area (Å²) >= 11 is 0. The van der Waals surface area contributed by atoms with E-state index in [-0.39, 0.29) is 12.5 Å². The number of nitrogens with zero attached hydrogens (tertiary/aromatic N) is 1. The SMILES string of the molecule is CCCCNC(=O)CN(C)[C@H](C(=O)O)c1cc(C)c(OC)c(C)c1. The molecule has 1 aromatic rings. The number of benzene rings is 1. The molecule has 0 heterocycles. The van der Waals surface area contributed by atoms with Crippen LogP contribution >= 0.6 is 0 Å². The summed E-state index contributed by atoms with van der Waals surface area (Å²) in [5, 5.41) is 12.4. The van der Waals surface area contributed by atoms with Gasteiger partial charge in [-0.2, -0.15) is 0 Å². The Labute approximate surface area is 143 Å². The molecule has 0 bridgehead atoms. The van der Waals surface area contributed by atoms with Crippen LogP contribution in [-0.2, 0) is 9.59 Å². The number of unbranched alkanes of at least 4 members (excludes halogenated alkanes) is 1. The van der Waals surface area contributed by atoms with Crippen molar-refractivity contribution in [2.75, 3.05) is 27.2 Å². The number of hydrogen-bond donors (Lipinski definition) is 2. The van der Waals surface area contributed by atoms with Crippen LogP contribution in [0.25, 0.3) is 0 Å². The molecule has 6 heteroatoms. The van der Waals surface area contributed by atoms with Crippen molar-refractivity contribution >= 4 is 11.9 Å². The van der Waals surface area contributed by atoms with Gasteiger partial charge in [0.2, 0.25) is 5.91 Å². The third kappa shape index (κ3) is 5.23. The van der Waals surface area contributed by atoms with Gasteiger partial charge in [-0.25, -0.2) is 0 Å². The van der Waals surface area contributed by atoms with Crippen LogP contribution in [-0.4, -0.2) is 49.1 Å². The molecule has 0 unspecified atom stereocenters. The van der Waals surface area contributed by atoms with Crippen molar-refractivity contribution in [3.8, 4) is 5.75 Å². The molecule has 134 valence electrons. The maximum Gasteiger partial charge on any atom is 0.325 e. The van der Waals surface area contributed by atoms with Crippen LogP contribution < -0.4 is 10.1 Å². The fraction of sp³-hybridized carbons (Fsp3) is 0.556. The molecular weight excluding hydrogens is 308 g/mol. The Morgan fingerprint density at radius 1 is 1.29 bits per heavy atom. The summed E-state index contributed by atoms with van der Waals surface area (Å²) in [6.07, 6.45) is 1.91. The molecule has 0 saturated heterocycles. The van der Waals surface area contributed by atoms with Crippen LogP contribution in [0.3, 0.4) is 0 Å². The van der Waals surface area contributed by atoms with Gasteiger partial charge in [-0.05, 0) is 44.0 Å². The molecule has 0 aromatic heterocycles. The van der Waals surface area contributed by atoms with Gasteiger partial charge in [-0.3, -0.25) is 14.5 Å². The number of methoxy groups -OCH3 is 1. The zero-order valence-electron chi connectivity index (χ0n) is 15.2. The highest BCUT2D eigenvalue weighted by Crippen LogP contribution is 2.29. The minimum Gasteiger partial charge on any atom is -0.496 e. The van der Waals surface area contributed by atoms with E-state index in [9.17, 15) is 14.7 Å². The van der Waals surface area contributed by atoms with Gasteiger partial charge < -0.3 is 15.2 Å². The van der Waals surface area contributed by atoms with Crippen LogP contribution in [0.2, 0.25) is 0 Å². The number of aliphatic carboxylic acids is 1. The molecule has 1 aromatic carbocycles. The van der Waals surface area contributed by atoms with Crippen molar-refractivity contribution in [1.82, 2.24) is 10.2 Å². The Kier molecular flexibility index (Phi) is 7.71. The van der Waals surface area contributed by atoms with E-state index in [4.69, 9.17) is 4.74 Å². The van der Waals surface area contributed by atoms with E-state index in [2.05, 4.69) is 5.32 Å². The smallest absolute Gasteiger partial charge is 0.325 e. The third-order valence-electron chi connectivity index (χ3n) is 3.92. The lowest BCUT2D eigenvalue weighted by atomic mass is 9.99. The maximum absolute atomic E-state index is 12.0. The zero-order valence-corrected chi connectivity index (χ0v) is 15.2. The van der Waals surface area contributed by atoms with Gasteiger partial charge in [-0.15, -0.1) is 0 Å². The second-order valence-corrected chi connectivity index (χ2v) is 6.05. The third-order valence-corrected chi connectivity index (χ3v) is 3.92. The Balaban J connectivity index is 2.94. The normalized spacial score (nSPS) is 12.1. The first-order chi connectivity index (χ1) is 11.3. The van der Waals surface area contributed by atoms with Crippen LogP contribution in [0.1, 0.15) is 42.5 Å². The molecule has 0 saturated carbocycles. The van der Waals surface area contributed by atoms with E-state index in [1.165, 1.54) is 0 Å². The number of carbonyl (C=O) groups excluding carboxylic acids is 1. The van der Waals surface area contributed by atoms with Crippen LogP contribution in [0, 0.1) is 13.8 Å². The second kappa shape index (κ2) is 9.27. The second-order valence-electron chi connectivity index (χ2n) is 6.05. The van der Waals surface area contributed by atoms with Crippen molar-refractivity contribution in [1.29, 1.82) is 0 Å². The number of amides is 1. The molecule has 1 amide bonds. The lowest BCUT2D eigenvalue weighted by Gasteiger charge is -2.25. The van der Waals surface area contributed by atoms with Gasteiger partial charge in [0.05, 0.1) is 13.7 Å². The summed E-state index contributed by atoms with van der Waals surface area (Å²) in [5.41, 5.74) is 2.39. The summed E-state index contributed by atoms with van der Waals surface area (Å²) < 4.78 is 5.33. The zero-order chi connectivity index (χ0) is 18.3. The molecule has 24 heavy (non-hydrogen) atoms. The molecule has 6 nitrogen and oxygen atoms in total. The van der Waals surface area contributed by atoms with E-state index >= 15 is 0 Å². The van der Waals surface area contributed by atoms with Gasteiger partial charge in [0, 0.05) is 6.54 Å². The highest BCUT2D eigenvalue weighted by molar-refractivity contribution is 5.80. The average Bonchev–Trinajstić information content (AvgIpc) is 2.46. The highest BCUT2D eigenvalue weighted by atomic mass is 16.5. The Morgan fingerprint density at radius 2 is 1.88 bits per heavy atom. The molecule has 2 N–H and O–H groups in total. The number of ether oxygens (including phenoxy) is 1. The molecular formula is C18H28N2O4. The fourth-order valence-electron chi connectivity index (χ4n) is 2.83. The van der Waals surface area contributed by atoms with Crippen molar-refractivity contribution in [3.63, 3.8) is 0 Å². The predicted molar refractivity (Wildman–Crippen MR) is 93.4 cm³/mol. The predicted octanol–water partition coefficient (Wildman–Crippen LogP) is 2.29. The van der Waals surface area contributed by atoms with E-state index < -0.39 is 12.0 Å². The summed E-state index contributed by atoms with van der Waals surface area (Å²) in [6.45, 7) is 6.46. The topological polar surface area (TPSA) is 78.9 Å². The molecule has 0 aliphatic heterocycles. The van der Waals surface area contributed by atoms with Crippen molar-refractivity contribution in [2.24, 2.45) is 0 Å². The number of carboxylic acid groups (broad SMARTS) is 1. The minimum atomic E-state index is -0.983. The summed E-state index contributed by atoms with van der Waals surface area (Å²) in [6, 6.07) is 2.72. The van der Waals surface area contributed by atoms with E-state index in [1.54, 1.807) is 31.2 Å². The molecule has 0 fully saturated rings. The fourth-order valence-corrected chi connectivity index (χ4v) is 2.83. The first-order valence-corrected chi connectivity index (χ1v) is 8.16. The standard InChI is InChI=1S/C18H28N2O4/c1-6-7-8-19-15(21)11-20(4)16(18(22)23)14-9-12(2)17(24-5)13(3)10-14/h9-10,16H,6-8,11H2,1-5H3,(H,19,21)(H,22,23)/t16-/m0/s1. The van der Waals surface area contributed by atoms with E-state index in [0.717, 1.165) is 29.7 Å². The number of hydrogen-bond acceptors (Lipinski definition) is 4. The molecule has 0 spiro atoms. The number of aryl methyl sites for hydroxylation is 2. The number of rotatable bonds is 9. The van der Waals surface area contributed by atoms with Crippen LogP contribution in [0.4, 0.5) is 0 Å². The largest absolute Gasteiger partial charge is 0.496 e. The van der Waals surface area contributed by atoms with Gasteiger partial charge in [0.15, 0.2) is 0 Å². The van der Waals surface area contributed by atoms with Crippen molar-refractivity contribution in [3.05, 3.63) is 28.8 Å². The summed E-state index contributed by atoms with van der Waals surface area (Å²) in [5.74, 6) is -0.398. The number of carboxylic acids is 1. The summed E-state index contributed by atoms with van der Waals surface area (Å²) in [7, 11) is 3.24. The molecule has 1 rings (SSSR count). The van der Waals surface area contributed by atoms with Gasteiger partial charge >= 0.3 is 5.97 Å². The van der Waals surface area contributed by atoms with Gasteiger partial charge in [0.25, 0.3) is 0 Å². The quantitative estimate of drug-likeness (QED) is 0.677. The summed E-state index contributed by atoms with van der Waals surface area (Å²) in [4.78, 5) is 25.3. The Hall–Kier alpha value is -2.08. The van der Waals surface area contributed by atoms with Crippen LogP contribution in [0.5, 0.6) is 5.75 Å². The first-order valence-electron chi connectivity index (χ1n) is 8.16. The number of nitrogens with one attached hydrogen (secondary N) is 1. The molecule has 0 aliphatic rings. The maximum atomic E-state index is 12.0. The number of carbonyl (C=O) groups is 2. The van der Waals surface area contributed by atoms with Crippen molar-refractivity contribution in [2.45, 2.75) is 39.7 Å². The highest BCUT2D eigenvalue weighted by Gasteiger charge is 2.27. The Bertz CT molecular complexity index is 563. The minimum absolute atomic E-state index is 0.0325. The van der Waals surface area contributed by atoms with E-state index in [1.807, 2.05) is 20.8 Å². The molecule has 0 radical (unpaired) electrons. The number of likely N-dealkylation sites (N-methyl/N-ethyl adjacent to an activating group) is 1. The monoisotopic (exact) mass is 336 g/mol. The lowest BCUT2D eigenvalue weighted by molar-refractivity contribution is -0.143. The average molecular weight is 336 g/mol. The molecule has 1 atom stereocenters. The Morgan fingerprint density at radius 3 is 2.33 bits per heavy atom. The molecule has 0 aliphatic carbocycles.